The lowest BCUT2D eigenvalue weighted by atomic mass is 10.2. The Hall–Kier alpha value is -1.08. The fourth-order valence-corrected chi connectivity index (χ4v) is 2.62. The van der Waals surface area contributed by atoms with Crippen LogP contribution in [0.1, 0.15) is 10.4 Å². The van der Waals surface area contributed by atoms with E-state index in [1.807, 2.05) is 6.07 Å². The van der Waals surface area contributed by atoms with Gasteiger partial charge in [-0.1, -0.05) is 12.1 Å². The molecular formula is C13H14BrF3N2O. The summed E-state index contributed by atoms with van der Waals surface area (Å²) >= 11 is 3.31. The average molecular weight is 351 g/mol. The quantitative estimate of drug-likeness (QED) is 0.818. The van der Waals surface area contributed by atoms with E-state index >= 15 is 0 Å². The SMILES string of the molecule is O=C(c1ccccc1Br)N1CCN(CC(F)(F)F)CC1. The molecule has 0 N–H and O–H groups in total. The molecule has 110 valence electrons. The summed E-state index contributed by atoms with van der Waals surface area (Å²) in [7, 11) is 0. The van der Waals surface area contributed by atoms with Crippen molar-refractivity contribution in [3.63, 3.8) is 0 Å². The molecule has 20 heavy (non-hydrogen) atoms. The van der Waals surface area contributed by atoms with Crippen LogP contribution in [0.3, 0.4) is 0 Å². The van der Waals surface area contributed by atoms with Crippen LogP contribution < -0.4 is 0 Å². The molecule has 1 aliphatic rings. The number of piperazine rings is 1. The average Bonchev–Trinajstić information content (AvgIpc) is 2.37. The van der Waals surface area contributed by atoms with Gasteiger partial charge in [-0.2, -0.15) is 13.2 Å². The van der Waals surface area contributed by atoms with E-state index in [2.05, 4.69) is 15.9 Å². The first-order valence-corrected chi connectivity index (χ1v) is 6.99. The van der Waals surface area contributed by atoms with Gasteiger partial charge in [-0.25, -0.2) is 0 Å². The second kappa shape index (κ2) is 6.13. The topological polar surface area (TPSA) is 23.6 Å². The minimum absolute atomic E-state index is 0.149. The number of hydrogen-bond donors (Lipinski definition) is 0. The molecular weight excluding hydrogens is 337 g/mol. The van der Waals surface area contributed by atoms with Crippen molar-refractivity contribution < 1.29 is 18.0 Å². The maximum absolute atomic E-state index is 12.3. The summed E-state index contributed by atoms with van der Waals surface area (Å²) in [5.74, 6) is -0.149. The minimum Gasteiger partial charge on any atom is -0.336 e. The van der Waals surface area contributed by atoms with Gasteiger partial charge in [-0.15, -0.1) is 0 Å². The van der Waals surface area contributed by atoms with Crippen molar-refractivity contribution in [3.05, 3.63) is 34.3 Å². The van der Waals surface area contributed by atoms with E-state index in [4.69, 9.17) is 0 Å². The number of amides is 1. The standard InChI is InChI=1S/C13H14BrF3N2O/c14-11-4-2-1-3-10(11)12(20)19-7-5-18(6-8-19)9-13(15,16)17/h1-4H,5-9H2. The summed E-state index contributed by atoms with van der Waals surface area (Å²) in [4.78, 5) is 15.2. The maximum Gasteiger partial charge on any atom is 0.401 e. The zero-order chi connectivity index (χ0) is 14.8. The van der Waals surface area contributed by atoms with Crippen molar-refractivity contribution in [2.24, 2.45) is 0 Å². The molecule has 0 unspecified atom stereocenters. The summed E-state index contributed by atoms with van der Waals surface area (Å²) in [5, 5.41) is 0. The fraction of sp³-hybridized carbons (Fsp3) is 0.462. The molecule has 1 aromatic carbocycles. The number of hydrogen-bond acceptors (Lipinski definition) is 2. The predicted octanol–water partition coefficient (Wildman–Crippen LogP) is 2.77. The fourth-order valence-electron chi connectivity index (χ4n) is 2.17. The number of benzene rings is 1. The number of halogens is 4. The Bertz CT molecular complexity index is 485. The van der Waals surface area contributed by atoms with Crippen LogP contribution in [-0.2, 0) is 0 Å². The van der Waals surface area contributed by atoms with Gasteiger partial charge >= 0.3 is 6.18 Å². The molecule has 0 saturated carbocycles. The molecule has 1 aromatic rings. The van der Waals surface area contributed by atoms with Gasteiger partial charge < -0.3 is 4.90 Å². The molecule has 7 heteroatoms. The van der Waals surface area contributed by atoms with Crippen LogP contribution in [0.5, 0.6) is 0 Å². The molecule has 1 amide bonds. The predicted molar refractivity (Wildman–Crippen MR) is 72.5 cm³/mol. The molecule has 0 atom stereocenters. The van der Waals surface area contributed by atoms with Crippen LogP contribution in [0.4, 0.5) is 13.2 Å². The van der Waals surface area contributed by atoms with E-state index in [1.165, 1.54) is 4.90 Å². The molecule has 1 fully saturated rings. The van der Waals surface area contributed by atoms with Crippen molar-refractivity contribution in [2.45, 2.75) is 6.18 Å². The van der Waals surface area contributed by atoms with Gasteiger partial charge in [0.15, 0.2) is 0 Å². The van der Waals surface area contributed by atoms with E-state index in [1.54, 1.807) is 23.1 Å². The monoisotopic (exact) mass is 350 g/mol. The maximum atomic E-state index is 12.3. The highest BCUT2D eigenvalue weighted by molar-refractivity contribution is 9.10. The molecule has 1 aliphatic heterocycles. The molecule has 2 rings (SSSR count). The first-order valence-electron chi connectivity index (χ1n) is 6.20. The molecule has 3 nitrogen and oxygen atoms in total. The van der Waals surface area contributed by atoms with Crippen LogP contribution in [0, 0.1) is 0 Å². The first-order chi connectivity index (χ1) is 9.37. The van der Waals surface area contributed by atoms with Crippen LogP contribution in [0.2, 0.25) is 0 Å². The number of rotatable bonds is 2. The smallest absolute Gasteiger partial charge is 0.336 e. The van der Waals surface area contributed by atoms with E-state index in [0.29, 0.717) is 23.1 Å². The Morgan fingerprint density at radius 2 is 1.75 bits per heavy atom. The third-order valence-corrected chi connectivity index (χ3v) is 3.86. The zero-order valence-electron chi connectivity index (χ0n) is 10.7. The summed E-state index contributed by atoms with van der Waals surface area (Å²) < 4.78 is 37.6. The lowest BCUT2D eigenvalue weighted by Crippen LogP contribution is -2.50. The van der Waals surface area contributed by atoms with Gasteiger partial charge in [0.2, 0.25) is 0 Å². The summed E-state index contributed by atoms with van der Waals surface area (Å²) in [6, 6.07) is 7.04. The highest BCUT2D eigenvalue weighted by Gasteiger charge is 2.33. The molecule has 1 heterocycles. The van der Waals surface area contributed by atoms with Gasteiger partial charge in [0.05, 0.1) is 12.1 Å². The van der Waals surface area contributed by atoms with Gasteiger partial charge in [0.25, 0.3) is 5.91 Å². The Kier molecular flexibility index (Phi) is 4.70. The van der Waals surface area contributed by atoms with Crippen LogP contribution in [-0.4, -0.2) is 54.6 Å². The normalized spacial score (nSPS) is 17.3. The molecule has 0 bridgehead atoms. The lowest BCUT2D eigenvalue weighted by molar-refractivity contribution is -0.148. The highest BCUT2D eigenvalue weighted by atomic mass is 79.9. The second-order valence-corrected chi connectivity index (χ2v) is 5.52. The molecule has 0 aliphatic carbocycles. The number of nitrogens with zero attached hydrogens (tertiary/aromatic N) is 2. The third-order valence-electron chi connectivity index (χ3n) is 3.17. The lowest BCUT2D eigenvalue weighted by Gasteiger charge is -2.35. The van der Waals surface area contributed by atoms with Crippen molar-refractivity contribution >= 4 is 21.8 Å². The number of alkyl halides is 3. The van der Waals surface area contributed by atoms with E-state index in [0.717, 1.165) is 0 Å². The van der Waals surface area contributed by atoms with Crippen molar-refractivity contribution in [1.82, 2.24) is 9.80 Å². The van der Waals surface area contributed by atoms with Crippen molar-refractivity contribution in [2.75, 3.05) is 32.7 Å². The van der Waals surface area contributed by atoms with Gasteiger partial charge in [0, 0.05) is 30.7 Å². The van der Waals surface area contributed by atoms with Gasteiger partial charge in [-0.3, -0.25) is 9.69 Å². The Balaban J connectivity index is 1.94. The summed E-state index contributed by atoms with van der Waals surface area (Å²) in [5.41, 5.74) is 0.539. The van der Waals surface area contributed by atoms with E-state index in [-0.39, 0.29) is 19.0 Å². The molecule has 0 spiro atoms. The zero-order valence-corrected chi connectivity index (χ0v) is 12.2. The third kappa shape index (κ3) is 3.96. The number of carbonyl (C=O) groups excluding carboxylic acids is 1. The van der Waals surface area contributed by atoms with Crippen LogP contribution >= 0.6 is 15.9 Å². The van der Waals surface area contributed by atoms with E-state index < -0.39 is 12.7 Å². The Labute approximate surface area is 123 Å². The second-order valence-electron chi connectivity index (χ2n) is 4.66. The highest BCUT2D eigenvalue weighted by Crippen LogP contribution is 2.20. The minimum atomic E-state index is -4.19. The van der Waals surface area contributed by atoms with Crippen molar-refractivity contribution in [1.29, 1.82) is 0 Å². The number of carbonyl (C=O) groups is 1. The Morgan fingerprint density at radius 1 is 1.15 bits per heavy atom. The summed E-state index contributed by atoms with van der Waals surface area (Å²) in [6.45, 7) is 0.210. The van der Waals surface area contributed by atoms with Gasteiger partial charge in [0.1, 0.15) is 0 Å². The largest absolute Gasteiger partial charge is 0.401 e. The summed E-state index contributed by atoms with van der Waals surface area (Å²) in [6.07, 6.45) is -4.19. The molecule has 1 saturated heterocycles. The Morgan fingerprint density at radius 3 is 2.30 bits per heavy atom. The van der Waals surface area contributed by atoms with Crippen molar-refractivity contribution in [3.8, 4) is 0 Å². The van der Waals surface area contributed by atoms with Gasteiger partial charge in [-0.05, 0) is 28.1 Å². The van der Waals surface area contributed by atoms with E-state index in [9.17, 15) is 18.0 Å². The first kappa shape index (κ1) is 15.3. The van der Waals surface area contributed by atoms with Crippen LogP contribution in [0.25, 0.3) is 0 Å². The van der Waals surface area contributed by atoms with Crippen LogP contribution in [0.15, 0.2) is 28.7 Å². The molecule has 0 aromatic heterocycles. The molecule has 0 radical (unpaired) electrons.